The maximum Gasteiger partial charge on any atom is 0.291 e. The summed E-state index contributed by atoms with van der Waals surface area (Å²) in [6, 6.07) is 17.8. The summed E-state index contributed by atoms with van der Waals surface area (Å²) in [5.41, 5.74) is 1.48. The lowest BCUT2D eigenvalue weighted by Crippen LogP contribution is -2.45. The van der Waals surface area contributed by atoms with E-state index in [9.17, 15) is 9.59 Å². The molecule has 1 aliphatic heterocycles. The Morgan fingerprint density at radius 1 is 1.03 bits per heavy atom. The van der Waals surface area contributed by atoms with Crippen molar-refractivity contribution in [3.8, 4) is 5.75 Å². The summed E-state index contributed by atoms with van der Waals surface area (Å²) in [7, 11) is 0. The average molecular weight is 469 g/mol. The fourth-order valence-electron chi connectivity index (χ4n) is 3.86. The molecule has 8 heteroatoms. The van der Waals surface area contributed by atoms with Crippen LogP contribution in [0.3, 0.4) is 0 Å². The van der Waals surface area contributed by atoms with Gasteiger partial charge < -0.3 is 24.5 Å². The maximum absolute atomic E-state index is 12.5. The van der Waals surface area contributed by atoms with Crippen molar-refractivity contribution in [2.75, 3.05) is 31.7 Å². The van der Waals surface area contributed by atoms with E-state index in [1.54, 1.807) is 36.4 Å². The van der Waals surface area contributed by atoms with Crippen LogP contribution < -0.4 is 15.4 Å². The van der Waals surface area contributed by atoms with Crippen LogP contribution in [0.15, 0.2) is 71.3 Å². The third-order valence-corrected chi connectivity index (χ3v) is 5.99. The number of rotatable bonds is 8. The van der Waals surface area contributed by atoms with Gasteiger partial charge in [-0.1, -0.05) is 29.8 Å². The van der Waals surface area contributed by atoms with Crippen LogP contribution in [-0.2, 0) is 14.9 Å². The summed E-state index contributed by atoms with van der Waals surface area (Å²) >= 11 is 6.05. The number of anilines is 1. The molecule has 0 radical (unpaired) electrons. The third kappa shape index (κ3) is 5.94. The highest BCUT2D eigenvalue weighted by molar-refractivity contribution is 6.30. The first-order valence-corrected chi connectivity index (χ1v) is 11.1. The molecule has 0 bridgehead atoms. The highest BCUT2D eigenvalue weighted by Crippen LogP contribution is 2.35. The second kappa shape index (κ2) is 10.6. The van der Waals surface area contributed by atoms with Gasteiger partial charge in [0.2, 0.25) is 0 Å². The minimum Gasteiger partial charge on any atom is -0.484 e. The molecule has 2 aromatic carbocycles. The van der Waals surface area contributed by atoms with Crippen LogP contribution >= 0.6 is 11.6 Å². The van der Waals surface area contributed by atoms with E-state index in [1.165, 1.54) is 6.26 Å². The zero-order chi connectivity index (χ0) is 23.1. The molecule has 0 unspecified atom stereocenters. The molecular formula is C25H25ClN2O5. The van der Waals surface area contributed by atoms with Gasteiger partial charge in [-0.25, -0.2) is 0 Å². The van der Waals surface area contributed by atoms with E-state index in [1.807, 2.05) is 24.3 Å². The lowest BCUT2D eigenvalue weighted by Gasteiger charge is -2.38. The minimum atomic E-state index is -0.362. The fraction of sp³-hybridized carbons (Fsp3) is 0.280. The predicted octanol–water partition coefficient (Wildman–Crippen LogP) is 4.43. The second-order valence-corrected chi connectivity index (χ2v) is 8.36. The molecule has 2 amide bonds. The number of carbonyl (C=O) groups is 2. The highest BCUT2D eigenvalue weighted by atomic mass is 35.5. The number of ether oxygens (including phenoxy) is 2. The van der Waals surface area contributed by atoms with Crippen LogP contribution in [-0.4, -0.2) is 38.2 Å². The average Bonchev–Trinajstić information content (AvgIpc) is 3.38. The van der Waals surface area contributed by atoms with E-state index in [2.05, 4.69) is 10.6 Å². The smallest absolute Gasteiger partial charge is 0.291 e. The predicted molar refractivity (Wildman–Crippen MR) is 125 cm³/mol. The SMILES string of the molecule is O=C(COc1cccc(NC(=O)c2ccco2)c1)NCC1(c2ccc(Cl)cc2)CCOCC1. The van der Waals surface area contributed by atoms with Gasteiger partial charge in [-0.05, 0) is 54.8 Å². The molecule has 0 saturated carbocycles. The van der Waals surface area contributed by atoms with Gasteiger partial charge in [0.05, 0.1) is 6.26 Å². The fourth-order valence-corrected chi connectivity index (χ4v) is 3.99. The molecule has 3 aromatic rings. The van der Waals surface area contributed by atoms with Crippen molar-refractivity contribution < 1.29 is 23.5 Å². The Balaban J connectivity index is 1.32. The van der Waals surface area contributed by atoms with E-state index < -0.39 is 0 Å². The Morgan fingerprint density at radius 2 is 1.82 bits per heavy atom. The molecular weight excluding hydrogens is 444 g/mol. The zero-order valence-corrected chi connectivity index (χ0v) is 18.8. The molecule has 172 valence electrons. The quantitative estimate of drug-likeness (QED) is 0.510. The van der Waals surface area contributed by atoms with Crippen molar-refractivity contribution in [3.05, 3.63) is 83.3 Å². The van der Waals surface area contributed by atoms with E-state index in [0.29, 0.717) is 36.2 Å². The summed E-state index contributed by atoms with van der Waals surface area (Å²) < 4.78 is 16.3. The molecule has 7 nitrogen and oxygen atoms in total. The van der Waals surface area contributed by atoms with Crippen molar-refractivity contribution in [2.45, 2.75) is 18.3 Å². The molecule has 0 spiro atoms. The summed E-state index contributed by atoms with van der Waals surface area (Å²) in [4.78, 5) is 24.7. The Labute approximate surface area is 197 Å². The first-order chi connectivity index (χ1) is 16.0. The van der Waals surface area contributed by atoms with Gasteiger partial charge in [0.25, 0.3) is 11.8 Å². The topological polar surface area (TPSA) is 89.8 Å². The summed E-state index contributed by atoms with van der Waals surface area (Å²) in [5.74, 6) is 0.100. The molecule has 1 aromatic heterocycles. The number of furan rings is 1. The number of benzene rings is 2. The van der Waals surface area contributed by atoms with E-state index in [-0.39, 0.29) is 29.6 Å². The maximum atomic E-state index is 12.5. The van der Waals surface area contributed by atoms with Crippen molar-refractivity contribution >= 4 is 29.1 Å². The molecule has 4 rings (SSSR count). The van der Waals surface area contributed by atoms with Gasteiger partial charge in [0.1, 0.15) is 5.75 Å². The second-order valence-electron chi connectivity index (χ2n) is 7.92. The molecule has 1 fully saturated rings. The number of hydrogen-bond acceptors (Lipinski definition) is 5. The van der Waals surface area contributed by atoms with Crippen LogP contribution in [0, 0.1) is 0 Å². The van der Waals surface area contributed by atoms with Crippen LogP contribution in [0.2, 0.25) is 5.02 Å². The Hall–Kier alpha value is -3.29. The first kappa shape index (κ1) is 22.9. The summed E-state index contributed by atoms with van der Waals surface area (Å²) in [5, 5.41) is 6.42. The first-order valence-electron chi connectivity index (χ1n) is 10.7. The van der Waals surface area contributed by atoms with Gasteiger partial charge in [-0.2, -0.15) is 0 Å². The summed E-state index contributed by atoms with van der Waals surface area (Å²) in [6.45, 7) is 1.64. The van der Waals surface area contributed by atoms with E-state index in [4.69, 9.17) is 25.5 Å². The zero-order valence-electron chi connectivity index (χ0n) is 18.0. The molecule has 2 N–H and O–H groups in total. The van der Waals surface area contributed by atoms with Crippen LogP contribution in [0.25, 0.3) is 0 Å². The van der Waals surface area contributed by atoms with Crippen molar-refractivity contribution in [1.29, 1.82) is 0 Å². The number of amides is 2. The van der Waals surface area contributed by atoms with Gasteiger partial charge in [0.15, 0.2) is 12.4 Å². The minimum absolute atomic E-state index is 0.136. The molecule has 1 aliphatic rings. The largest absolute Gasteiger partial charge is 0.484 e. The Bertz CT molecular complexity index is 1080. The van der Waals surface area contributed by atoms with E-state index in [0.717, 1.165) is 18.4 Å². The normalized spacial score (nSPS) is 14.9. The van der Waals surface area contributed by atoms with Gasteiger partial charge in [0, 0.05) is 41.9 Å². The number of halogens is 1. The molecule has 0 atom stereocenters. The monoisotopic (exact) mass is 468 g/mol. The van der Waals surface area contributed by atoms with Crippen LogP contribution in [0.1, 0.15) is 29.0 Å². The van der Waals surface area contributed by atoms with Crippen molar-refractivity contribution in [1.82, 2.24) is 5.32 Å². The molecule has 0 aliphatic carbocycles. The van der Waals surface area contributed by atoms with Crippen molar-refractivity contribution in [2.24, 2.45) is 0 Å². The molecule has 1 saturated heterocycles. The lowest BCUT2D eigenvalue weighted by atomic mass is 9.74. The van der Waals surface area contributed by atoms with Crippen molar-refractivity contribution in [3.63, 3.8) is 0 Å². The van der Waals surface area contributed by atoms with Crippen LogP contribution in [0.5, 0.6) is 5.75 Å². The highest BCUT2D eigenvalue weighted by Gasteiger charge is 2.34. The van der Waals surface area contributed by atoms with Crippen LogP contribution in [0.4, 0.5) is 5.69 Å². The third-order valence-electron chi connectivity index (χ3n) is 5.74. The Morgan fingerprint density at radius 3 is 2.55 bits per heavy atom. The molecule has 2 heterocycles. The number of nitrogens with one attached hydrogen (secondary N) is 2. The number of hydrogen-bond donors (Lipinski definition) is 2. The van der Waals surface area contributed by atoms with Gasteiger partial charge in [-0.15, -0.1) is 0 Å². The number of carbonyl (C=O) groups excluding carboxylic acids is 2. The van der Waals surface area contributed by atoms with E-state index >= 15 is 0 Å². The lowest BCUT2D eigenvalue weighted by molar-refractivity contribution is -0.123. The standard InChI is InChI=1S/C25H25ClN2O5/c26-19-8-6-18(7-9-19)25(10-13-31-14-11-25)17-27-23(29)16-33-21-4-1-3-20(15-21)28-24(30)22-5-2-12-32-22/h1-9,12,15H,10-11,13-14,16-17H2,(H,27,29)(H,28,30). The Kier molecular flexibility index (Phi) is 7.32. The molecule has 33 heavy (non-hydrogen) atoms. The summed E-state index contributed by atoms with van der Waals surface area (Å²) in [6.07, 6.45) is 3.06. The van der Waals surface area contributed by atoms with Gasteiger partial charge >= 0.3 is 0 Å². The van der Waals surface area contributed by atoms with Gasteiger partial charge in [-0.3, -0.25) is 9.59 Å².